The van der Waals surface area contributed by atoms with E-state index in [-0.39, 0.29) is 6.42 Å². The van der Waals surface area contributed by atoms with Crippen molar-refractivity contribution in [1.82, 2.24) is 5.32 Å². The number of imide groups is 1. The maximum atomic E-state index is 12.9. The van der Waals surface area contributed by atoms with Gasteiger partial charge in [-0.05, 0) is 17.7 Å². The van der Waals surface area contributed by atoms with Crippen LogP contribution >= 0.6 is 0 Å². The van der Waals surface area contributed by atoms with Gasteiger partial charge in [0.15, 0.2) is 0 Å². The Hall–Kier alpha value is -2.24. The number of halogens is 1. The van der Waals surface area contributed by atoms with E-state index in [9.17, 15) is 18.8 Å². The number of nitrogens with one attached hydrogen (secondary N) is 1. The first-order valence-corrected chi connectivity index (χ1v) is 5.26. The highest BCUT2D eigenvalue weighted by Gasteiger charge is 2.49. The number of rotatable bonds is 3. The van der Waals surface area contributed by atoms with Crippen molar-refractivity contribution >= 4 is 17.8 Å². The van der Waals surface area contributed by atoms with Gasteiger partial charge in [-0.15, -0.1) is 0 Å². The zero-order valence-corrected chi connectivity index (χ0v) is 9.27. The molecule has 0 aromatic heterocycles. The summed E-state index contributed by atoms with van der Waals surface area (Å²) in [6.45, 7) is 0. The van der Waals surface area contributed by atoms with Crippen molar-refractivity contribution in [3.05, 3.63) is 35.6 Å². The van der Waals surface area contributed by atoms with Gasteiger partial charge in [-0.25, -0.2) is 4.39 Å². The molecule has 1 heterocycles. The fraction of sp³-hybridized carbons (Fsp3) is 0.250. The Kier molecular flexibility index (Phi) is 2.86. The van der Waals surface area contributed by atoms with E-state index in [0.717, 1.165) is 12.1 Å². The lowest BCUT2D eigenvalue weighted by Gasteiger charge is -2.23. The Labute approximate surface area is 102 Å². The van der Waals surface area contributed by atoms with Crippen LogP contribution in [0.1, 0.15) is 18.4 Å². The molecule has 1 aliphatic heterocycles. The second-order valence-electron chi connectivity index (χ2n) is 4.21. The topological polar surface area (TPSA) is 83.5 Å². The minimum Gasteiger partial charge on any atom is -0.481 e. The summed E-state index contributed by atoms with van der Waals surface area (Å²) in [5.41, 5.74) is -1.11. The first-order valence-electron chi connectivity index (χ1n) is 5.26. The number of carbonyl (C=O) groups excluding carboxylic acids is 2. The maximum absolute atomic E-state index is 12.9. The normalized spacial score (nSPS) is 22.9. The molecule has 2 amide bonds. The lowest BCUT2D eigenvalue weighted by atomic mass is 9.76. The molecule has 0 spiro atoms. The Bertz CT molecular complexity index is 525. The van der Waals surface area contributed by atoms with Crippen LogP contribution in [0.2, 0.25) is 0 Å². The van der Waals surface area contributed by atoms with Crippen LogP contribution in [0.15, 0.2) is 24.3 Å². The summed E-state index contributed by atoms with van der Waals surface area (Å²) in [7, 11) is 0. The number of amides is 2. The highest BCUT2D eigenvalue weighted by Crippen LogP contribution is 2.35. The molecule has 94 valence electrons. The van der Waals surface area contributed by atoms with Crippen molar-refractivity contribution < 1.29 is 23.9 Å². The fourth-order valence-corrected chi connectivity index (χ4v) is 2.15. The Morgan fingerprint density at radius 1 is 1.33 bits per heavy atom. The van der Waals surface area contributed by atoms with Crippen LogP contribution in [0, 0.1) is 5.82 Å². The summed E-state index contributed by atoms with van der Waals surface area (Å²) in [6.07, 6.45) is -0.736. The summed E-state index contributed by atoms with van der Waals surface area (Å²) in [4.78, 5) is 34.0. The van der Waals surface area contributed by atoms with Crippen molar-refractivity contribution in [2.24, 2.45) is 0 Å². The first kappa shape index (κ1) is 12.2. The molecule has 1 atom stereocenters. The molecule has 1 saturated heterocycles. The van der Waals surface area contributed by atoms with E-state index in [1.807, 2.05) is 0 Å². The highest BCUT2D eigenvalue weighted by molar-refractivity contribution is 6.10. The molecule has 6 heteroatoms. The van der Waals surface area contributed by atoms with Gasteiger partial charge in [0.25, 0.3) is 0 Å². The summed E-state index contributed by atoms with van der Waals surface area (Å²) in [6, 6.07) is 4.93. The molecular formula is C12H10FNO4. The number of carbonyl (C=O) groups is 3. The second-order valence-corrected chi connectivity index (χ2v) is 4.21. The predicted molar refractivity (Wildman–Crippen MR) is 58.1 cm³/mol. The van der Waals surface area contributed by atoms with Crippen LogP contribution in [0.5, 0.6) is 0 Å². The van der Waals surface area contributed by atoms with Crippen molar-refractivity contribution in [2.45, 2.75) is 18.3 Å². The van der Waals surface area contributed by atoms with Gasteiger partial charge in [0.05, 0.1) is 11.8 Å². The smallest absolute Gasteiger partial charge is 0.304 e. The van der Waals surface area contributed by atoms with Gasteiger partial charge in [0, 0.05) is 6.42 Å². The second kappa shape index (κ2) is 4.21. The van der Waals surface area contributed by atoms with Gasteiger partial charge in [0.2, 0.25) is 11.8 Å². The average molecular weight is 251 g/mol. The zero-order chi connectivity index (χ0) is 13.3. The van der Waals surface area contributed by atoms with Crippen LogP contribution in [-0.4, -0.2) is 22.9 Å². The molecule has 0 saturated carbocycles. The van der Waals surface area contributed by atoms with Crippen LogP contribution in [0.25, 0.3) is 0 Å². The molecule has 18 heavy (non-hydrogen) atoms. The third-order valence-electron chi connectivity index (χ3n) is 3.00. The largest absolute Gasteiger partial charge is 0.481 e. The summed E-state index contributed by atoms with van der Waals surface area (Å²) >= 11 is 0. The van der Waals surface area contributed by atoms with Gasteiger partial charge < -0.3 is 5.11 Å². The van der Waals surface area contributed by atoms with Gasteiger partial charge in [-0.1, -0.05) is 12.1 Å². The average Bonchev–Trinajstić information content (AvgIpc) is 2.54. The third-order valence-corrected chi connectivity index (χ3v) is 3.00. The number of benzene rings is 1. The predicted octanol–water partition coefficient (Wildman–Crippen LogP) is 0.585. The van der Waals surface area contributed by atoms with E-state index in [2.05, 4.69) is 5.32 Å². The molecule has 2 rings (SSSR count). The molecule has 0 aliphatic carbocycles. The maximum Gasteiger partial charge on any atom is 0.304 e. The van der Waals surface area contributed by atoms with E-state index in [1.54, 1.807) is 0 Å². The summed E-state index contributed by atoms with van der Waals surface area (Å²) in [5.74, 6) is -2.86. The van der Waals surface area contributed by atoms with Crippen molar-refractivity contribution in [3.63, 3.8) is 0 Å². The lowest BCUT2D eigenvalue weighted by molar-refractivity contribution is -0.141. The van der Waals surface area contributed by atoms with Crippen molar-refractivity contribution in [3.8, 4) is 0 Å². The zero-order valence-electron chi connectivity index (χ0n) is 9.27. The molecule has 2 N–H and O–H groups in total. The molecule has 1 aromatic carbocycles. The summed E-state index contributed by atoms with van der Waals surface area (Å²) in [5, 5.41) is 11.0. The monoisotopic (exact) mass is 251 g/mol. The van der Waals surface area contributed by atoms with E-state index in [0.29, 0.717) is 5.56 Å². The van der Waals surface area contributed by atoms with Gasteiger partial charge in [-0.3, -0.25) is 19.7 Å². The molecule has 0 radical (unpaired) electrons. The van der Waals surface area contributed by atoms with Crippen molar-refractivity contribution in [2.75, 3.05) is 0 Å². The minimum absolute atomic E-state index is 0.232. The van der Waals surface area contributed by atoms with Gasteiger partial charge in [0.1, 0.15) is 5.82 Å². The number of aliphatic carboxylic acids is 1. The number of carboxylic acid groups (broad SMARTS) is 1. The van der Waals surface area contributed by atoms with E-state index in [1.165, 1.54) is 12.1 Å². The fourth-order valence-electron chi connectivity index (χ4n) is 2.15. The number of hydrogen-bond donors (Lipinski definition) is 2. The van der Waals surface area contributed by atoms with Gasteiger partial charge >= 0.3 is 5.97 Å². The van der Waals surface area contributed by atoms with E-state index >= 15 is 0 Å². The number of carboxylic acids is 1. The SMILES string of the molecule is O=C(O)CC1(c2ccc(F)cc2)CC(=O)NC1=O. The van der Waals surface area contributed by atoms with Crippen LogP contribution < -0.4 is 5.32 Å². The molecular weight excluding hydrogens is 241 g/mol. The molecule has 1 aromatic rings. The molecule has 5 nitrogen and oxygen atoms in total. The molecule has 1 fully saturated rings. The van der Waals surface area contributed by atoms with E-state index < -0.39 is 35.4 Å². The third kappa shape index (κ3) is 1.97. The lowest BCUT2D eigenvalue weighted by Crippen LogP contribution is -2.37. The minimum atomic E-state index is -1.43. The van der Waals surface area contributed by atoms with Gasteiger partial charge in [-0.2, -0.15) is 0 Å². The van der Waals surface area contributed by atoms with Crippen molar-refractivity contribution in [1.29, 1.82) is 0 Å². The quantitative estimate of drug-likeness (QED) is 0.770. The molecule has 1 unspecified atom stereocenters. The van der Waals surface area contributed by atoms with Crippen LogP contribution in [0.4, 0.5) is 4.39 Å². The first-order chi connectivity index (χ1) is 8.44. The standard InChI is InChI=1S/C12H10FNO4/c13-8-3-1-7(2-4-8)12(6-10(16)17)5-9(15)14-11(12)18/h1-4H,5-6H2,(H,16,17)(H,14,15,18). The molecule has 1 aliphatic rings. The summed E-state index contributed by atoms with van der Waals surface area (Å²) < 4.78 is 12.9. The van der Waals surface area contributed by atoms with Crippen LogP contribution in [-0.2, 0) is 19.8 Å². The Balaban J connectivity index is 2.48. The number of hydrogen-bond acceptors (Lipinski definition) is 3. The highest BCUT2D eigenvalue weighted by atomic mass is 19.1. The van der Waals surface area contributed by atoms with Crippen LogP contribution in [0.3, 0.4) is 0 Å². The Morgan fingerprint density at radius 3 is 2.39 bits per heavy atom. The molecule has 0 bridgehead atoms. The Morgan fingerprint density at radius 2 is 1.94 bits per heavy atom. The van der Waals surface area contributed by atoms with E-state index in [4.69, 9.17) is 5.11 Å².